The van der Waals surface area contributed by atoms with Crippen LogP contribution < -0.4 is 9.88 Å². The standard InChI is InChI=1S/C19H19FN2O3S/c1-3-19(4-2)22-17(12-5-8-14(20)9-6-12)15-10-7-13(11-16(15)24-19)18(23)25-26-21/h5-11H,3-4,21H2,1-2H3. The van der Waals surface area contributed by atoms with Crippen LogP contribution in [0.1, 0.15) is 48.2 Å². The number of aliphatic imine (C=N–C) groups is 1. The first kappa shape index (κ1) is 18.4. The summed E-state index contributed by atoms with van der Waals surface area (Å²) >= 11 is 0.500. The average Bonchev–Trinajstić information content (AvgIpc) is 2.67. The normalized spacial score (nSPS) is 14.8. The second-order valence-electron chi connectivity index (χ2n) is 5.90. The Labute approximate surface area is 155 Å². The zero-order valence-corrected chi connectivity index (χ0v) is 15.3. The zero-order chi connectivity index (χ0) is 18.7. The fourth-order valence-corrected chi connectivity index (χ4v) is 3.08. The highest BCUT2D eigenvalue weighted by Crippen LogP contribution is 2.37. The number of nitrogens with zero attached hydrogens (tertiary/aromatic N) is 1. The Morgan fingerprint density at radius 2 is 1.92 bits per heavy atom. The van der Waals surface area contributed by atoms with Gasteiger partial charge in [-0.3, -0.25) is 0 Å². The van der Waals surface area contributed by atoms with Gasteiger partial charge in [-0.15, -0.1) is 0 Å². The molecule has 26 heavy (non-hydrogen) atoms. The van der Waals surface area contributed by atoms with Crippen molar-refractivity contribution in [1.82, 2.24) is 0 Å². The highest BCUT2D eigenvalue weighted by atomic mass is 32.2. The maximum atomic E-state index is 13.3. The summed E-state index contributed by atoms with van der Waals surface area (Å²) in [7, 11) is 0. The lowest BCUT2D eigenvalue weighted by atomic mass is 9.95. The first-order valence-corrected chi connectivity index (χ1v) is 9.09. The number of halogens is 1. The van der Waals surface area contributed by atoms with E-state index in [2.05, 4.69) is 0 Å². The Bertz CT molecular complexity index is 848. The quantitative estimate of drug-likeness (QED) is 0.626. The van der Waals surface area contributed by atoms with Crippen LogP contribution >= 0.6 is 12.2 Å². The van der Waals surface area contributed by atoms with Crippen molar-refractivity contribution in [3.05, 3.63) is 65.0 Å². The van der Waals surface area contributed by atoms with Crippen molar-refractivity contribution in [3.8, 4) is 5.75 Å². The van der Waals surface area contributed by atoms with E-state index in [9.17, 15) is 9.18 Å². The largest absolute Gasteiger partial charge is 0.465 e. The third-order valence-electron chi connectivity index (χ3n) is 4.43. The Balaban J connectivity index is 2.12. The lowest BCUT2D eigenvalue weighted by molar-refractivity contribution is 0.0649. The van der Waals surface area contributed by atoms with Gasteiger partial charge in [0.2, 0.25) is 0 Å². The predicted molar refractivity (Wildman–Crippen MR) is 99.6 cm³/mol. The summed E-state index contributed by atoms with van der Waals surface area (Å²) in [4.78, 5) is 16.8. The van der Waals surface area contributed by atoms with Crippen molar-refractivity contribution < 1.29 is 18.1 Å². The molecule has 0 atom stereocenters. The summed E-state index contributed by atoms with van der Waals surface area (Å²) in [6, 6.07) is 11.2. The third-order valence-corrected chi connectivity index (χ3v) is 4.68. The maximum absolute atomic E-state index is 13.3. The zero-order valence-electron chi connectivity index (χ0n) is 14.5. The van der Waals surface area contributed by atoms with Crippen molar-refractivity contribution in [1.29, 1.82) is 0 Å². The van der Waals surface area contributed by atoms with Crippen molar-refractivity contribution in [2.75, 3.05) is 0 Å². The lowest BCUT2D eigenvalue weighted by Gasteiger charge is -2.35. The van der Waals surface area contributed by atoms with E-state index >= 15 is 0 Å². The van der Waals surface area contributed by atoms with E-state index in [0.717, 1.165) is 11.1 Å². The van der Waals surface area contributed by atoms with E-state index in [-0.39, 0.29) is 5.82 Å². The Morgan fingerprint density at radius 1 is 1.23 bits per heavy atom. The topological polar surface area (TPSA) is 73.9 Å². The molecule has 0 saturated carbocycles. The number of rotatable bonds is 5. The first-order valence-electron chi connectivity index (χ1n) is 8.29. The number of fused-ring (bicyclic) bond motifs is 1. The molecule has 0 amide bonds. The molecule has 0 aromatic heterocycles. The molecule has 3 rings (SSSR count). The Morgan fingerprint density at radius 3 is 2.54 bits per heavy atom. The minimum atomic E-state index is -0.734. The molecule has 0 spiro atoms. The first-order chi connectivity index (χ1) is 12.5. The van der Waals surface area contributed by atoms with Gasteiger partial charge in [0.1, 0.15) is 23.8 Å². The number of carbonyl (C=O) groups excluding carboxylic acids is 1. The van der Waals surface area contributed by atoms with Crippen LogP contribution in [0.4, 0.5) is 4.39 Å². The second kappa shape index (κ2) is 7.47. The van der Waals surface area contributed by atoms with E-state index in [1.165, 1.54) is 12.1 Å². The minimum Gasteiger partial charge on any atom is -0.465 e. The SMILES string of the molecule is CCC1(CC)N=C(c2ccc(F)cc2)c2ccc(C(=O)OSN)cc2O1. The van der Waals surface area contributed by atoms with Crippen LogP contribution in [-0.2, 0) is 4.18 Å². The molecule has 7 heteroatoms. The summed E-state index contributed by atoms with van der Waals surface area (Å²) in [5, 5.41) is 5.19. The molecule has 0 radical (unpaired) electrons. The number of nitrogens with two attached hydrogens (primary N) is 1. The van der Waals surface area contributed by atoms with Crippen LogP contribution in [0.3, 0.4) is 0 Å². The Kier molecular flexibility index (Phi) is 5.29. The second-order valence-corrected chi connectivity index (χ2v) is 6.26. The number of hydrogen-bond donors (Lipinski definition) is 1. The minimum absolute atomic E-state index is 0.309. The van der Waals surface area contributed by atoms with Crippen molar-refractivity contribution in [3.63, 3.8) is 0 Å². The molecule has 5 nitrogen and oxygen atoms in total. The van der Waals surface area contributed by atoms with Gasteiger partial charge in [-0.05, 0) is 42.5 Å². The molecule has 136 valence electrons. The molecule has 1 aliphatic heterocycles. The summed E-state index contributed by atoms with van der Waals surface area (Å²) in [5.74, 6) is -0.316. The predicted octanol–water partition coefficient (Wildman–Crippen LogP) is 4.25. The number of benzene rings is 2. The molecule has 2 N–H and O–H groups in total. The van der Waals surface area contributed by atoms with Crippen LogP contribution in [0.25, 0.3) is 0 Å². The number of carbonyl (C=O) groups is 1. The molecule has 1 heterocycles. The van der Waals surface area contributed by atoms with Crippen molar-refractivity contribution in [2.24, 2.45) is 10.1 Å². The maximum Gasteiger partial charge on any atom is 0.351 e. The Hall–Kier alpha value is -2.38. The van der Waals surface area contributed by atoms with Crippen LogP contribution in [0.15, 0.2) is 47.5 Å². The summed E-state index contributed by atoms with van der Waals surface area (Å²) in [6.45, 7) is 3.98. The molecule has 0 fully saturated rings. The van der Waals surface area contributed by atoms with Gasteiger partial charge in [-0.2, -0.15) is 0 Å². The van der Waals surface area contributed by atoms with E-state index in [4.69, 9.17) is 19.1 Å². The molecule has 2 aromatic rings. The molecule has 0 aliphatic carbocycles. The summed E-state index contributed by atoms with van der Waals surface area (Å²) in [6.07, 6.45) is 1.31. The smallest absolute Gasteiger partial charge is 0.351 e. The van der Waals surface area contributed by atoms with E-state index < -0.39 is 11.7 Å². The summed E-state index contributed by atoms with van der Waals surface area (Å²) < 4.78 is 24.3. The molecule has 0 unspecified atom stereocenters. The number of hydrogen-bond acceptors (Lipinski definition) is 6. The van der Waals surface area contributed by atoms with E-state index in [1.807, 2.05) is 13.8 Å². The molecule has 0 bridgehead atoms. The molecule has 0 saturated heterocycles. The highest BCUT2D eigenvalue weighted by Gasteiger charge is 2.34. The molecule has 1 aliphatic rings. The fraction of sp³-hybridized carbons (Fsp3) is 0.263. The molecular weight excluding hydrogens is 355 g/mol. The molecular formula is C19H19FN2O3S. The average molecular weight is 374 g/mol. The van der Waals surface area contributed by atoms with Crippen molar-refractivity contribution in [2.45, 2.75) is 32.4 Å². The van der Waals surface area contributed by atoms with Crippen LogP contribution in [0, 0.1) is 5.82 Å². The fourth-order valence-electron chi connectivity index (χ4n) is 2.89. The van der Waals surface area contributed by atoms with Gasteiger partial charge in [-0.1, -0.05) is 13.8 Å². The van der Waals surface area contributed by atoms with Gasteiger partial charge in [-0.25, -0.2) is 19.3 Å². The lowest BCUT2D eigenvalue weighted by Crippen LogP contribution is -2.37. The van der Waals surface area contributed by atoms with Gasteiger partial charge in [0.15, 0.2) is 5.72 Å². The van der Waals surface area contributed by atoms with Gasteiger partial charge in [0, 0.05) is 24.0 Å². The van der Waals surface area contributed by atoms with Crippen molar-refractivity contribution >= 4 is 23.9 Å². The van der Waals surface area contributed by atoms with E-state index in [1.54, 1.807) is 30.3 Å². The van der Waals surface area contributed by atoms with Crippen LogP contribution in [0.2, 0.25) is 0 Å². The third kappa shape index (κ3) is 3.45. The van der Waals surface area contributed by atoms with Gasteiger partial charge in [0.05, 0.1) is 11.3 Å². The molecule has 2 aromatic carbocycles. The highest BCUT2D eigenvalue weighted by molar-refractivity contribution is 7.92. The van der Waals surface area contributed by atoms with Gasteiger partial charge < -0.3 is 8.92 Å². The van der Waals surface area contributed by atoms with Gasteiger partial charge in [0.25, 0.3) is 0 Å². The van der Waals surface area contributed by atoms with Gasteiger partial charge >= 0.3 is 5.97 Å². The van der Waals surface area contributed by atoms with Crippen LogP contribution in [-0.4, -0.2) is 17.4 Å². The monoisotopic (exact) mass is 374 g/mol. The van der Waals surface area contributed by atoms with E-state index in [0.29, 0.717) is 42.1 Å². The summed E-state index contributed by atoms with van der Waals surface area (Å²) in [5.41, 5.74) is 1.84. The van der Waals surface area contributed by atoms with Crippen LogP contribution in [0.5, 0.6) is 5.75 Å². The number of ether oxygens (including phenoxy) is 1.